The molecule has 0 aliphatic heterocycles. The van der Waals surface area contributed by atoms with E-state index in [0.717, 1.165) is 27.6 Å². The van der Waals surface area contributed by atoms with Gasteiger partial charge < -0.3 is 15.7 Å². The Labute approximate surface area is 147 Å². The molecule has 5 nitrogen and oxygen atoms in total. The van der Waals surface area contributed by atoms with Gasteiger partial charge in [0.1, 0.15) is 0 Å². The molecule has 1 aromatic heterocycles. The number of pyridine rings is 1. The van der Waals surface area contributed by atoms with Gasteiger partial charge >= 0.3 is 0 Å². The molecule has 1 atom stereocenters. The van der Waals surface area contributed by atoms with E-state index >= 15 is 0 Å². The van der Waals surface area contributed by atoms with Gasteiger partial charge in [0.2, 0.25) is 5.91 Å². The summed E-state index contributed by atoms with van der Waals surface area (Å²) < 4.78 is 5.11. The van der Waals surface area contributed by atoms with Crippen molar-refractivity contribution in [2.75, 3.05) is 11.9 Å². The first-order valence-corrected chi connectivity index (χ1v) is 8.13. The largest absolute Gasteiger partial charge is 0.440 e. The van der Waals surface area contributed by atoms with Crippen molar-refractivity contribution in [1.29, 1.82) is 0 Å². The highest BCUT2D eigenvalue weighted by atomic mass is 16.4. The Morgan fingerprint density at radius 2 is 1.96 bits per heavy atom. The Kier molecular flexibility index (Phi) is 5.43. The van der Waals surface area contributed by atoms with Gasteiger partial charge in [-0.05, 0) is 34.7 Å². The van der Waals surface area contributed by atoms with Gasteiger partial charge in [0.25, 0.3) is 8.05 Å². The van der Waals surface area contributed by atoms with Crippen LogP contribution in [0.25, 0.3) is 10.8 Å². The third-order valence-electron chi connectivity index (χ3n) is 4.15. The molecule has 126 valence electrons. The Morgan fingerprint density at radius 1 is 1.16 bits per heavy atom. The summed E-state index contributed by atoms with van der Waals surface area (Å²) in [6.45, 7) is 0.790. The molecule has 3 aromatic rings. The predicted octanol–water partition coefficient (Wildman–Crippen LogP) is 1.98. The van der Waals surface area contributed by atoms with Crippen LogP contribution in [-0.4, -0.2) is 25.5 Å². The maximum atomic E-state index is 12.7. The molecule has 2 aromatic carbocycles. The number of anilines is 1. The number of rotatable bonds is 6. The van der Waals surface area contributed by atoms with E-state index in [2.05, 4.69) is 10.3 Å². The van der Waals surface area contributed by atoms with E-state index in [1.54, 1.807) is 20.4 Å². The molecule has 0 radical (unpaired) electrons. The number of carbonyl (C=O) groups excluding carboxylic acids is 1. The van der Waals surface area contributed by atoms with Crippen LogP contribution in [0, 0.1) is 0 Å². The second-order valence-corrected chi connectivity index (χ2v) is 5.89. The first kappa shape index (κ1) is 17.1. The molecule has 0 aliphatic rings. The zero-order valence-corrected chi connectivity index (χ0v) is 14.1. The number of nitrogens with zero attached hydrogens (tertiary/aromatic N) is 1. The zero-order valence-electron chi connectivity index (χ0n) is 14.1. The number of hydrogen-bond acceptors (Lipinski definition) is 4. The van der Waals surface area contributed by atoms with Crippen molar-refractivity contribution in [3.63, 3.8) is 0 Å². The van der Waals surface area contributed by atoms with E-state index in [9.17, 15) is 4.79 Å². The van der Waals surface area contributed by atoms with E-state index in [4.69, 9.17) is 10.4 Å². The van der Waals surface area contributed by atoms with Crippen molar-refractivity contribution < 1.29 is 9.45 Å². The van der Waals surface area contributed by atoms with Crippen molar-refractivity contribution in [3.8, 4) is 0 Å². The summed E-state index contributed by atoms with van der Waals surface area (Å²) in [6, 6.07) is 15.4. The number of aromatic nitrogens is 1. The maximum Gasteiger partial charge on any atom is 0.257 e. The van der Waals surface area contributed by atoms with Crippen LogP contribution in [0.4, 0.5) is 5.69 Å². The summed E-state index contributed by atoms with van der Waals surface area (Å²) in [5, 5.41) is 5.02. The van der Waals surface area contributed by atoms with Crippen LogP contribution >= 0.6 is 0 Å². The highest BCUT2D eigenvalue weighted by Crippen LogP contribution is 2.21. The molecule has 1 unspecified atom stereocenters. The van der Waals surface area contributed by atoms with E-state index in [-0.39, 0.29) is 12.5 Å². The van der Waals surface area contributed by atoms with Crippen molar-refractivity contribution in [2.45, 2.75) is 12.5 Å². The Hall–Kier alpha value is -2.70. The lowest BCUT2D eigenvalue weighted by molar-refractivity contribution is -0.117. The highest BCUT2D eigenvalue weighted by molar-refractivity contribution is 5.98. The molecule has 1 amide bonds. The number of benzene rings is 2. The fourth-order valence-corrected chi connectivity index (χ4v) is 2.80. The van der Waals surface area contributed by atoms with Gasteiger partial charge in [-0.15, -0.1) is 0 Å². The average molecular weight is 333 g/mol. The Bertz CT molecular complexity index is 868. The van der Waals surface area contributed by atoms with Crippen LogP contribution in [-0.2, 0) is 16.1 Å². The van der Waals surface area contributed by atoms with E-state index in [1.165, 1.54) is 0 Å². The van der Waals surface area contributed by atoms with Gasteiger partial charge in [-0.2, -0.15) is 0 Å². The topological polar surface area (TPSA) is 77.2 Å². The van der Waals surface area contributed by atoms with Gasteiger partial charge in [-0.25, -0.2) is 0 Å². The lowest BCUT2D eigenvalue weighted by atomic mass is 9.97. The minimum Gasteiger partial charge on any atom is -0.440 e. The van der Waals surface area contributed by atoms with Crippen LogP contribution in [0.1, 0.15) is 17.0 Å². The van der Waals surface area contributed by atoms with Crippen molar-refractivity contribution in [3.05, 3.63) is 72.1 Å². The van der Waals surface area contributed by atoms with Crippen LogP contribution < -0.4 is 11.1 Å². The monoisotopic (exact) mass is 333 g/mol. The number of nitrogens with two attached hydrogens (primary N) is 1. The van der Waals surface area contributed by atoms with Gasteiger partial charge in [0.15, 0.2) is 0 Å². The standard InChI is InChI=1S/C19H20BN3O2/c20-25-12-13-1-3-14(4-2-13)18(10-21)19(24)23-17-6-5-16-11-22-8-7-15(16)9-17/h1-9,11,18H,10,12,20-21H2,(H,23,24). The second kappa shape index (κ2) is 7.92. The van der Waals surface area contributed by atoms with Crippen LogP contribution in [0.2, 0.25) is 0 Å². The van der Waals surface area contributed by atoms with Crippen molar-refractivity contribution in [1.82, 2.24) is 4.98 Å². The average Bonchev–Trinajstić information content (AvgIpc) is 2.64. The molecule has 0 fully saturated rings. The molecule has 0 spiro atoms. The summed E-state index contributed by atoms with van der Waals surface area (Å²) >= 11 is 0. The van der Waals surface area contributed by atoms with E-state index in [1.807, 2.05) is 48.5 Å². The van der Waals surface area contributed by atoms with Crippen LogP contribution in [0.15, 0.2) is 60.9 Å². The minimum absolute atomic E-state index is 0.115. The smallest absolute Gasteiger partial charge is 0.257 e. The maximum absolute atomic E-state index is 12.7. The normalized spacial score (nSPS) is 12.0. The van der Waals surface area contributed by atoms with Gasteiger partial charge in [0.05, 0.1) is 12.5 Å². The second-order valence-electron chi connectivity index (χ2n) is 5.89. The lowest BCUT2D eigenvalue weighted by Gasteiger charge is -2.16. The zero-order chi connectivity index (χ0) is 17.6. The molecule has 1 heterocycles. The molecular formula is C19H20BN3O2. The van der Waals surface area contributed by atoms with Gasteiger partial charge in [-0.1, -0.05) is 30.3 Å². The fourth-order valence-electron chi connectivity index (χ4n) is 2.80. The Morgan fingerprint density at radius 3 is 2.68 bits per heavy atom. The van der Waals surface area contributed by atoms with Crippen LogP contribution in [0.3, 0.4) is 0 Å². The molecule has 25 heavy (non-hydrogen) atoms. The van der Waals surface area contributed by atoms with Crippen molar-refractivity contribution >= 4 is 30.4 Å². The first-order valence-electron chi connectivity index (χ1n) is 8.13. The minimum atomic E-state index is -0.398. The van der Waals surface area contributed by atoms with Crippen LogP contribution in [0.5, 0.6) is 0 Å². The molecule has 3 N–H and O–H groups in total. The molecule has 0 aliphatic carbocycles. The summed E-state index contributed by atoms with van der Waals surface area (Å²) in [7, 11) is 1.66. The van der Waals surface area contributed by atoms with E-state index in [0.29, 0.717) is 6.61 Å². The molecular weight excluding hydrogens is 313 g/mol. The molecule has 3 rings (SSSR count). The molecule has 6 heteroatoms. The predicted molar refractivity (Wildman–Crippen MR) is 102 cm³/mol. The number of carbonyl (C=O) groups is 1. The summed E-state index contributed by atoms with van der Waals surface area (Å²) in [5.41, 5.74) is 8.56. The lowest BCUT2D eigenvalue weighted by Crippen LogP contribution is -2.27. The molecule has 0 bridgehead atoms. The number of fused-ring (bicyclic) bond motifs is 1. The number of hydrogen-bond donors (Lipinski definition) is 2. The summed E-state index contributed by atoms with van der Waals surface area (Å²) in [4.78, 5) is 16.8. The molecule has 0 saturated heterocycles. The van der Waals surface area contributed by atoms with E-state index < -0.39 is 5.92 Å². The third-order valence-corrected chi connectivity index (χ3v) is 4.15. The highest BCUT2D eigenvalue weighted by Gasteiger charge is 2.19. The molecule has 0 saturated carbocycles. The van der Waals surface area contributed by atoms with Gasteiger partial charge in [0, 0.05) is 30.0 Å². The quantitative estimate of drug-likeness (QED) is 0.676. The Balaban J connectivity index is 1.76. The number of amides is 1. The third kappa shape index (κ3) is 4.04. The van der Waals surface area contributed by atoms with Gasteiger partial charge in [-0.3, -0.25) is 9.78 Å². The first-order chi connectivity index (χ1) is 12.2. The number of nitrogens with one attached hydrogen (secondary N) is 1. The fraction of sp³-hybridized carbons (Fsp3) is 0.158. The summed E-state index contributed by atoms with van der Waals surface area (Å²) in [6.07, 6.45) is 3.53. The SMILES string of the molecule is BOCc1ccc(C(CN)C(=O)Nc2ccc3cnccc3c2)cc1. The van der Waals surface area contributed by atoms with Crippen molar-refractivity contribution in [2.24, 2.45) is 5.73 Å². The summed E-state index contributed by atoms with van der Waals surface area (Å²) in [5.74, 6) is -0.514.